The quantitative estimate of drug-likeness (QED) is 0.808. The maximum atomic E-state index is 12.5. The fourth-order valence-electron chi connectivity index (χ4n) is 2.89. The van der Waals surface area contributed by atoms with E-state index in [0.717, 1.165) is 19.4 Å². The zero-order valence-corrected chi connectivity index (χ0v) is 13.1. The Morgan fingerprint density at radius 3 is 2.80 bits per heavy atom. The molecule has 1 N–H and O–H groups in total. The molecule has 0 aliphatic carbocycles. The first kappa shape index (κ1) is 13.7. The van der Waals surface area contributed by atoms with Gasteiger partial charge in [-0.25, -0.2) is 0 Å². The Kier molecular flexibility index (Phi) is 3.81. The Balaban J connectivity index is 1.73. The molecule has 0 radical (unpaired) electrons. The van der Waals surface area contributed by atoms with Gasteiger partial charge in [0.1, 0.15) is 0 Å². The average Bonchev–Trinajstić information content (AvgIpc) is 2.94. The van der Waals surface area contributed by atoms with Crippen LogP contribution in [0.4, 0.5) is 0 Å². The molecule has 0 aromatic heterocycles. The summed E-state index contributed by atoms with van der Waals surface area (Å²) in [6.45, 7) is 2.80. The van der Waals surface area contributed by atoms with Gasteiger partial charge in [-0.2, -0.15) is 0 Å². The van der Waals surface area contributed by atoms with Crippen LogP contribution in [0.25, 0.3) is 0 Å². The van der Waals surface area contributed by atoms with E-state index < -0.39 is 0 Å². The van der Waals surface area contributed by atoms with E-state index in [1.54, 1.807) is 4.90 Å². The van der Waals surface area contributed by atoms with Gasteiger partial charge in [-0.1, -0.05) is 0 Å². The molecule has 20 heavy (non-hydrogen) atoms. The van der Waals surface area contributed by atoms with Gasteiger partial charge in [0.2, 0.25) is 0 Å². The molecule has 2 aliphatic rings. The van der Waals surface area contributed by atoms with Crippen LogP contribution in [0.1, 0.15) is 19.8 Å². The van der Waals surface area contributed by atoms with Crippen LogP contribution in [-0.4, -0.2) is 50.3 Å². The van der Waals surface area contributed by atoms with Crippen LogP contribution in [0.3, 0.4) is 0 Å². The fourth-order valence-corrected chi connectivity index (χ4v) is 5.13. The van der Waals surface area contributed by atoms with Crippen LogP contribution < -0.4 is 9.78 Å². The van der Waals surface area contributed by atoms with E-state index in [4.69, 9.17) is 0 Å². The molecule has 106 valence electrons. The molecule has 0 bridgehead atoms. The van der Waals surface area contributed by atoms with Gasteiger partial charge in [-0.05, 0) is 0 Å². The van der Waals surface area contributed by atoms with E-state index in [1.807, 2.05) is 18.2 Å². The molecule has 3 atom stereocenters. The zero-order chi connectivity index (χ0) is 14.1. The second-order valence-corrected chi connectivity index (χ2v) is 8.36. The van der Waals surface area contributed by atoms with Crippen molar-refractivity contribution in [2.75, 3.05) is 6.54 Å². The van der Waals surface area contributed by atoms with Crippen LogP contribution >= 0.6 is 0 Å². The number of hydrogen-bond acceptors (Lipinski definition) is 2. The van der Waals surface area contributed by atoms with Crippen LogP contribution in [0.2, 0.25) is 4.82 Å². The first-order valence-corrected chi connectivity index (χ1v) is 8.84. The normalized spacial score (nSPS) is 27.1. The van der Waals surface area contributed by atoms with Crippen LogP contribution in [-0.2, 0) is 9.59 Å². The Labute approximate surface area is 125 Å². The molecule has 1 aromatic carbocycles. The summed E-state index contributed by atoms with van der Waals surface area (Å²) >= 11 is 0.182. The van der Waals surface area contributed by atoms with Crippen molar-refractivity contribution in [1.29, 1.82) is 0 Å². The van der Waals surface area contributed by atoms with Gasteiger partial charge >= 0.3 is 125 Å². The van der Waals surface area contributed by atoms with Crippen molar-refractivity contribution >= 4 is 31.2 Å². The van der Waals surface area contributed by atoms with Gasteiger partial charge in [0, 0.05) is 0 Å². The Bertz CT molecular complexity index is 520. The van der Waals surface area contributed by atoms with E-state index in [2.05, 4.69) is 24.4 Å². The van der Waals surface area contributed by atoms with Gasteiger partial charge < -0.3 is 0 Å². The van der Waals surface area contributed by atoms with Crippen molar-refractivity contribution in [2.24, 2.45) is 0 Å². The third-order valence-electron chi connectivity index (χ3n) is 3.94. The van der Waals surface area contributed by atoms with Crippen molar-refractivity contribution in [1.82, 2.24) is 10.2 Å². The van der Waals surface area contributed by atoms with Gasteiger partial charge in [-0.3, -0.25) is 0 Å². The number of amides is 2. The number of rotatable bonds is 3. The van der Waals surface area contributed by atoms with E-state index in [0.29, 0.717) is 0 Å². The third kappa shape index (κ3) is 2.48. The molecule has 1 aromatic rings. The van der Waals surface area contributed by atoms with Crippen molar-refractivity contribution in [3.05, 3.63) is 30.3 Å². The van der Waals surface area contributed by atoms with Crippen molar-refractivity contribution in [3.8, 4) is 0 Å². The monoisotopic (exact) mass is 338 g/mol. The first-order chi connectivity index (χ1) is 9.66. The van der Waals surface area contributed by atoms with Crippen molar-refractivity contribution in [2.45, 2.75) is 36.7 Å². The standard InChI is InChI=1S/C15H18N2O2Se/c1-10(20-11-6-3-2-4-7-11)13-15(19)17-9-5-8-12(17)14(18)16-13/h2-4,6-7,10,12-13H,5,8-9H2,1H3,(H,16,18)/t10-,12+,13-/m1/s1. The number of carbonyl (C=O) groups is 2. The minimum absolute atomic E-state index is 0.0304. The zero-order valence-electron chi connectivity index (χ0n) is 11.4. The summed E-state index contributed by atoms with van der Waals surface area (Å²) in [6, 6.07) is 9.64. The number of carbonyl (C=O) groups excluding carboxylic acids is 2. The second kappa shape index (κ2) is 5.58. The molecule has 5 heteroatoms. The SMILES string of the molecule is C[C@@H]([Se]c1ccccc1)[C@H]1NC(=O)[C@@H]2CCCN2C1=O. The van der Waals surface area contributed by atoms with Crippen LogP contribution in [0, 0.1) is 0 Å². The summed E-state index contributed by atoms with van der Waals surface area (Å²) in [5.74, 6) is 0.139. The number of nitrogens with one attached hydrogen (secondary N) is 1. The van der Waals surface area contributed by atoms with Crippen molar-refractivity contribution < 1.29 is 9.59 Å². The van der Waals surface area contributed by atoms with Gasteiger partial charge in [0.05, 0.1) is 0 Å². The predicted octanol–water partition coefficient (Wildman–Crippen LogP) is 0.314. The molecule has 2 fully saturated rings. The molecule has 0 spiro atoms. The topological polar surface area (TPSA) is 49.4 Å². The third-order valence-corrected chi connectivity index (χ3v) is 6.43. The Hall–Kier alpha value is -1.32. The molecule has 2 amide bonds. The second-order valence-electron chi connectivity index (χ2n) is 5.31. The molecule has 2 heterocycles. The average molecular weight is 337 g/mol. The summed E-state index contributed by atoms with van der Waals surface area (Å²) in [7, 11) is 0. The Morgan fingerprint density at radius 1 is 1.30 bits per heavy atom. The van der Waals surface area contributed by atoms with E-state index in [-0.39, 0.29) is 43.7 Å². The van der Waals surface area contributed by atoms with E-state index in [9.17, 15) is 9.59 Å². The molecule has 3 rings (SSSR count). The summed E-state index contributed by atoms with van der Waals surface area (Å²) in [5.41, 5.74) is 0. The van der Waals surface area contributed by atoms with Crippen molar-refractivity contribution in [3.63, 3.8) is 0 Å². The van der Waals surface area contributed by atoms with Gasteiger partial charge in [0.25, 0.3) is 0 Å². The molecule has 0 unspecified atom stereocenters. The molecule has 0 saturated carbocycles. The minimum atomic E-state index is -0.350. The number of fused-ring (bicyclic) bond motifs is 1. The van der Waals surface area contributed by atoms with Gasteiger partial charge in [0.15, 0.2) is 0 Å². The first-order valence-electron chi connectivity index (χ1n) is 6.99. The molecular weight excluding hydrogens is 319 g/mol. The summed E-state index contributed by atoms with van der Waals surface area (Å²) in [6.07, 6.45) is 1.75. The maximum absolute atomic E-state index is 12.5. The molecule has 2 saturated heterocycles. The fraction of sp³-hybridized carbons (Fsp3) is 0.467. The van der Waals surface area contributed by atoms with E-state index >= 15 is 0 Å². The number of piperazine rings is 1. The molecular formula is C15H18N2O2Se. The van der Waals surface area contributed by atoms with Gasteiger partial charge in [-0.15, -0.1) is 0 Å². The Morgan fingerprint density at radius 2 is 2.05 bits per heavy atom. The van der Waals surface area contributed by atoms with E-state index in [1.165, 1.54) is 4.46 Å². The number of nitrogens with zero attached hydrogens (tertiary/aromatic N) is 1. The summed E-state index contributed by atoms with van der Waals surface area (Å²) in [4.78, 5) is 26.5. The van der Waals surface area contributed by atoms with Crippen LogP contribution in [0.5, 0.6) is 0 Å². The summed E-state index contributed by atoms with van der Waals surface area (Å²) < 4.78 is 1.26. The van der Waals surface area contributed by atoms with Crippen LogP contribution in [0.15, 0.2) is 30.3 Å². The predicted molar refractivity (Wildman–Crippen MR) is 77.9 cm³/mol. The molecule has 2 aliphatic heterocycles. The number of hydrogen-bond donors (Lipinski definition) is 1. The molecule has 4 nitrogen and oxygen atoms in total. The number of benzene rings is 1. The summed E-state index contributed by atoms with van der Waals surface area (Å²) in [5, 5.41) is 2.94.